The molecule has 2 rings (SSSR count). The molecule has 1 aliphatic carbocycles. The molecule has 1 aliphatic rings. The summed E-state index contributed by atoms with van der Waals surface area (Å²) in [6.07, 6.45) is 2.37. The van der Waals surface area contributed by atoms with Crippen LogP contribution < -0.4 is 10.0 Å². The third-order valence-corrected chi connectivity index (χ3v) is 4.52. The molecule has 0 aliphatic heterocycles. The van der Waals surface area contributed by atoms with Gasteiger partial charge in [0.25, 0.3) is 0 Å². The highest BCUT2D eigenvalue weighted by molar-refractivity contribution is 7.89. The molecule has 0 bridgehead atoms. The lowest BCUT2D eigenvalue weighted by molar-refractivity contribution is 0.576. The fourth-order valence-corrected chi connectivity index (χ4v) is 2.93. The Morgan fingerprint density at radius 2 is 2.25 bits per heavy atom. The summed E-state index contributed by atoms with van der Waals surface area (Å²) in [5, 5.41) is 7.08. The van der Waals surface area contributed by atoms with E-state index in [1.807, 2.05) is 16.8 Å². The second-order valence-electron chi connectivity index (χ2n) is 4.00. The molecule has 0 unspecified atom stereocenters. The van der Waals surface area contributed by atoms with Gasteiger partial charge in [0.2, 0.25) is 10.0 Å². The van der Waals surface area contributed by atoms with E-state index in [-0.39, 0.29) is 5.75 Å². The van der Waals surface area contributed by atoms with Crippen molar-refractivity contribution in [1.29, 1.82) is 0 Å². The zero-order valence-electron chi connectivity index (χ0n) is 8.98. The van der Waals surface area contributed by atoms with Gasteiger partial charge in [-0.2, -0.15) is 11.3 Å². The summed E-state index contributed by atoms with van der Waals surface area (Å²) >= 11 is 1.57. The topological polar surface area (TPSA) is 58.2 Å². The van der Waals surface area contributed by atoms with Gasteiger partial charge in [0, 0.05) is 19.1 Å². The maximum absolute atomic E-state index is 11.6. The molecule has 0 aromatic carbocycles. The van der Waals surface area contributed by atoms with E-state index in [0.29, 0.717) is 19.1 Å². The predicted molar refractivity (Wildman–Crippen MR) is 66.0 cm³/mol. The standard InChI is InChI=1S/C10H16N2O2S2/c13-16(14,6-4-11-10-1-2-10)12-7-9-3-5-15-8-9/h3,5,8,10-12H,1-2,4,6-7H2. The quantitative estimate of drug-likeness (QED) is 0.766. The smallest absolute Gasteiger partial charge is 0.213 e. The zero-order chi connectivity index (χ0) is 11.4. The van der Waals surface area contributed by atoms with Gasteiger partial charge in [0.05, 0.1) is 5.75 Å². The number of hydrogen-bond acceptors (Lipinski definition) is 4. The minimum Gasteiger partial charge on any atom is -0.313 e. The molecular formula is C10H16N2O2S2. The fraction of sp³-hybridized carbons (Fsp3) is 0.600. The molecule has 6 heteroatoms. The van der Waals surface area contributed by atoms with Gasteiger partial charge in [-0.05, 0) is 35.2 Å². The molecule has 16 heavy (non-hydrogen) atoms. The Balaban J connectivity index is 1.69. The number of thiophene rings is 1. The molecule has 2 N–H and O–H groups in total. The second kappa shape index (κ2) is 5.27. The highest BCUT2D eigenvalue weighted by Crippen LogP contribution is 2.18. The normalized spacial score (nSPS) is 16.5. The summed E-state index contributed by atoms with van der Waals surface area (Å²) < 4.78 is 25.8. The van der Waals surface area contributed by atoms with Crippen molar-refractivity contribution in [2.45, 2.75) is 25.4 Å². The summed E-state index contributed by atoms with van der Waals surface area (Å²) in [6.45, 7) is 0.943. The molecule has 1 heterocycles. The van der Waals surface area contributed by atoms with Crippen molar-refractivity contribution in [3.8, 4) is 0 Å². The maximum atomic E-state index is 11.6. The van der Waals surface area contributed by atoms with Crippen molar-refractivity contribution in [3.05, 3.63) is 22.4 Å². The van der Waals surface area contributed by atoms with Crippen LogP contribution in [-0.4, -0.2) is 26.8 Å². The van der Waals surface area contributed by atoms with Crippen LogP contribution in [0.15, 0.2) is 16.8 Å². The average Bonchev–Trinajstić information content (AvgIpc) is 2.91. The number of sulfonamides is 1. The first-order valence-corrected chi connectivity index (χ1v) is 7.97. The van der Waals surface area contributed by atoms with Crippen LogP contribution in [0.2, 0.25) is 0 Å². The molecule has 1 fully saturated rings. The van der Waals surface area contributed by atoms with E-state index in [1.54, 1.807) is 11.3 Å². The summed E-state index contributed by atoms with van der Waals surface area (Å²) in [4.78, 5) is 0. The third kappa shape index (κ3) is 4.21. The van der Waals surface area contributed by atoms with Crippen LogP contribution in [-0.2, 0) is 16.6 Å². The predicted octanol–water partition coefficient (Wildman–Crippen LogP) is 0.919. The van der Waals surface area contributed by atoms with Crippen LogP contribution in [0.1, 0.15) is 18.4 Å². The molecule has 0 spiro atoms. The van der Waals surface area contributed by atoms with Crippen molar-refractivity contribution in [3.63, 3.8) is 0 Å². The Kier molecular flexibility index (Phi) is 3.96. The van der Waals surface area contributed by atoms with Gasteiger partial charge in [-0.25, -0.2) is 13.1 Å². The van der Waals surface area contributed by atoms with Crippen LogP contribution in [0.25, 0.3) is 0 Å². The van der Waals surface area contributed by atoms with Crippen LogP contribution in [0.4, 0.5) is 0 Å². The van der Waals surface area contributed by atoms with Crippen molar-refractivity contribution < 1.29 is 8.42 Å². The Labute approximate surface area is 100 Å². The Bertz CT molecular complexity index is 410. The van der Waals surface area contributed by atoms with Crippen molar-refractivity contribution in [2.75, 3.05) is 12.3 Å². The highest BCUT2D eigenvalue weighted by atomic mass is 32.2. The van der Waals surface area contributed by atoms with Gasteiger partial charge in [-0.1, -0.05) is 0 Å². The monoisotopic (exact) mass is 260 g/mol. The van der Waals surface area contributed by atoms with Gasteiger partial charge >= 0.3 is 0 Å². The van der Waals surface area contributed by atoms with E-state index in [4.69, 9.17) is 0 Å². The Hall–Kier alpha value is -0.430. The van der Waals surface area contributed by atoms with Gasteiger partial charge < -0.3 is 5.32 Å². The van der Waals surface area contributed by atoms with Gasteiger partial charge in [-0.15, -0.1) is 0 Å². The summed E-state index contributed by atoms with van der Waals surface area (Å²) in [5.74, 6) is 0.160. The fourth-order valence-electron chi connectivity index (χ4n) is 1.34. The lowest BCUT2D eigenvalue weighted by Crippen LogP contribution is -2.32. The van der Waals surface area contributed by atoms with Crippen LogP contribution in [0.3, 0.4) is 0 Å². The van der Waals surface area contributed by atoms with Crippen molar-refractivity contribution >= 4 is 21.4 Å². The third-order valence-electron chi connectivity index (χ3n) is 2.46. The van der Waals surface area contributed by atoms with Gasteiger partial charge in [-0.3, -0.25) is 0 Å². The van der Waals surface area contributed by atoms with Crippen molar-refractivity contribution in [1.82, 2.24) is 10.0 Å². The van der Waals surface area contributed by atoms with Crippen LogP contribution in [0.5, 0.6) is 0 Å². The Morgan fingerprint density at radius 3 is 2.88 bits per heavy atom. The first kappa shape index (κ1) is 12.0. The van der Waals surface area contributed by atoms with Crippen LogP contribution in [0, 0.1) is 0 Å². The number of nitrogens with one attached hydrogen (secondary N) is 2. The maximum Gasteiger partial charge on any atom is 0.213 e. The van der Waals surface area contributed by atoms with Crippen molar-refractivity contribution in [2.24, 2.45) is 0 Å². The van der Waals surface area contributed by atoms with E-state index < -0.39 is 10.0 Å². The minimum absolute atomic E-state index is 0.160. The van der Waals surface area contributed by atoms with Gasteiger partial charge in [0.1, 0.15) is 0 Å². The summed E-state index contributed by atoms with van der Waals surface area (Å²) in [6, 6.07) is 2.49. The molecule has 90 valence electrons. The van der Waals surface area contributed by atoms with Gasteiger partial charge in [0.15, 0.2) is 0 Å². The molecule has 0 atom stereocenters. The lowest BCUT2D eigenvalue weighted by Gasteiger charge is -2.06. The summed E-state index contributed by atoms with van der Waals surface area (Å²) in [7, 11) is -3.13. The number of hydrogen-bond donors (Lipinski definition) is 2. The first-order valence-electron chi connectivity index (χ1n) is 5.37. The van der Waals surface area contributed by atoms with E-state index in [9.17, 15) is 8.42 Å². The highest BCUT2D eigenvalue weighted by Gasteiger charge is 2.21. The number of rotatable bonds is 7. The molecule has 1 aromatic heterocycles. The van der Waals surface area contributed by atoms with Crippen LogP contribution >= 0.6 is 11.3 Å². The SMILES string of the molecule is O=S(=O)(CCNC1CC1)NCc1ccsc1. The molecule has 1 saturated carbocycles. The molecular weight excluding hydrogens is 244 g/mol. The molecule has 1 aromatic rings. The zero-order valence-corrected chi connectivity index (χ0v) is 10.6. The van der Waals surface area contributed by atoms with E-state index in [2.05, 4.69) is 10.0 Å². The Morgan fingerprint density at radius 1 is 1.44 bits per heavy atom. The average molecular weight is 260 g/mol. The lowest BCUT2D eigenvalue weighted by atomic mass is 10.4. The second-order valence-corrected chi connectivity index (χ2v) is 6.71. The van der Waals surface area contributed by atoms with E-state index >= 15 is 0 Å². The van der Waals surface area contributed by atoms with E-state index in [1.165, 1.54) is 12.8 Å². The van der Waals surface area contributed by atoms with E-state index in [0.717, 1.165) is 5.56 Å². The minimum atomic E-state index is -3.13. The first-order chi connectivity index (χ1) is 7.66. The largest absolute Gasteiger partial charge is 0.313 e. The molecule has 0 saturated heterocycles. The molecule has 0 amide bonds. The molecule has 0 radical (unpaired) electrons. The summed E-state index contributed by atoms with van der Waals surface area (Å²) in [5.41, 5.74) is 1.02. The molecule has 4 nitrogen and oxygen atoms in total.